The van der Waals surface area contributed by atoms with Crippen LogP contribution in [0.25, 0.3) is 11.0 Å². The predicted molar refractivity (Wildman–Crippen MR) is 86.7 cm³/mol. The molecule has 22 heavy (non-hydrogen) atoms. The molecule has 0 saturated carbocycles. The molecule has 1 aromatic carbocycles. The zero-order chi connectivity index (χ0) is 15.7. The number of benzene rings is 1. The van der Waals surface area contributed by atoms with Crippen LogP contribution in [0.4, 0.5) is 0 Å². The zero-order valence-corrected chi connectivity index (χ0v) is 13.2. The number of hydrogen-bond donors (Lipinski definition) is 1. The summed E-state index contributed by atoms with van der Waals surface area (Å²) in [5.74, 6) is 0.877. The Balaban J connectivity index is 1.97. The molecule has 0 radical (unpaired) electrons. The van der Waals surface area contributed by atoms with Gasteiger partial charge in [-0.05, 0) is 39.0 Å². The summed E-state index contributed by atoms with van der Waals surface area (Å²) in [6.45, 7) is 2.81. The Morgan fingerprint density at radius 1 is 1.41 bits per heavy atom. The number of nitrogens with two attached hydrogens (primary N) is 1. The number of likely N-dealkylation sites (tertiary alicyclic amines) is 1. The van der Waals surface area contributed by atoms with Gasteiger partial charge >= 0.3 is 0 Å². The van der Waals surface area contributed by atoms with Crippen molar-refractivity contribution in [2.75, 3.05) is 33.7 Å². The topological polar surface area (TPSA) is 62.7 Å². The smallest absolute Gasteiger partial charge is 0.289 e. The van der Waals surface area contributed by atoms with Gasteiger partial charge in [0, 0.05) is 30.6 Å². The lowest BCUT2D eigenvalue weighted by molar-refractivity contribution is 0.0756. The lowest BCUT2D eigenvalue weighted by atomic mass is 10.1. The molecule has 118 valence electrons. The molecule has 2 heterocycles. The molecule has 1 atom stereocenters. The predicted octanol–water partition coefficient (Wildman–Crippen LogP) is 1.92. The summed E-state index contributed by atoms with van der Waals surface area (Å²) >= 11 is 0. The van der Waals surface area contributed by atoms with Crippen LogP contribution in [-0.2, 0) is 6.54 Å². The number of hydrogen-bond acceptors (Lipinski definition) is 4. The highest BCUT2D eigenvalue weighted by Gasteiger charge is 2.30. The van der Waals surface area contributed by atoms with Crippen LogP contribution in [0.5, 0.6) is 0 Å². The highest BCUT2D eigenvalue weighted by atomic mass is 16.3. The second kappa shape index (κ2) is 6.10. The molecule has 0 bridgehead atoms. The van der Waals surface area contributed by atoms with Crippen molar-refractivity contribution in [1.82, 2.24) is 9.80 Å². The summed E-state index contributed by atoms with van der Waals surface area (Å²) in [4.78, 5) is 16.8. The summed E-state index contributed by atoms with van der Waals surface area (Å²) in [5, 5.41) is 1.02. The van der Waals surface area contributed by atoms with E-state index >= 15 is 0 Å². The van der Waals surface area contributed by atoms with Crippen LogP contribution in [0.15, 0.2) is 28.7 Å². The van der Waals surface area contributed by atoms with Crippen LogP contribution >= 0.6 is 0 Å². The van der Waals surface area contributed by atoms with Crippen molar-refractivity contribution in [3.8, 4) is 0 Å². The molecule has 1 fully saturated rings. The average molecular weight is 301 g/mol. The number of amides is 1. The molecule has 5 heteroatoms. The van der Waals surface area contributed by atoms with Crippen molar-refractivity contribution in [3.63, 3.8) is 0 Å². The summed E-state index contributed by atoms with van der Waals surface area (Å²) in [7, 11) is 3.99. The maximum Gasteiger partial charge on any atom is 0.289 e. The third-order valence-electron chi connectivity index (χ3n) is 4.27. The number of nitrogens with zero attached hydrogens (tertiary/aromatic N) is 2. The SMILES string of the molecule is CN(C)Cc1c(C(=O)N2CCC(CN)C2)oc2ccccc12. The molecule has 0 aliphatic carbocycles. The lowest BCUT2D eigenvalue weighted by Gasteiger charge is -2.16. The van der Waals surface area contributed by atoms with Gasteiger partial charge in [0.05, 0.1) is 0 Å². The first-order valence-corrected chi connectivity index (χ1v) is 7.74. The number of carbonyl (C=O) groups excluding carboxylic acids is 1. The minimum Gasteiger partial charge on any atom is -0.451 e. The largest absolute Gasteiger partial charge is 0.451 e. The van der Waals surface area contributed by atoms with Crippen LogP contribution in [0.2, 0.25) is 0 Å². The average Bonchev–Trinajstić information content (AvgIpc) is 3.11. The van der Waals surface area contributed by atoms with Crippen molar-refractivity contribution < 1.29 is 9.21 Å². The number of fused-ring (bicyclic) bond motifs is 1. The van der Waals surface area contributed by atoms with E-state index < -0.39 is 0 Å². The molecule has 1 saturated heterocycles. The number of carbonyl (C=O) groups is 1. The molecular formula is C17H23N3O2. The Morgan fingerprint density at radius 3 is 2.86 bits per heavy atom. The maximum absolute atomic E-state index is 12.9. The van der Waals surface area contributed by atoms with Crippen LogP contribution in [0.1, 0.15) is 22.5 Å². The summed E-state index contributed by atoms with van der Waals surface area (Å²) < 4.78 is 5.89. The Kier molecular flexibility index (Phi) is 4.18. The molecule has 1 amide bonds. The summed E-state index contributed by atoms with van der Waals surface area (Å²) in [6, 6.07) is 7.84. The van der Waals surface area contributed by atoms with E-state index in [-0.39, 0.29) is 5.91 Å². The monoisotopic (exact) mass is 301 g/mol. The Hall–Kier alpha value is -1.85. The normalized spacial score (nSPS) is 18.5. The first-order chi connectivity index (χ1) is 10.6. The fourth-order valence-electron chi connectivity index (χ4n) is 3.10. The van der Waals surface area contributed by atoms with Gasteiger partial charge in [-0.2, -0.15) is 0 Å². The van der Waals surface area contributed by atoms with Gasteiger partial charge in [-0.15, -0.1) is 0 Å². The van der Waals surface area contributed by atoms with E-state index in [1.54, 1.807) is 0 Å². The third kappa shape index (κ3) is 2.74. The standard InChI is InChI=1S/C17H23N3O2/c1-19(2)11-14-13-5-3-4-6-15(13)22-16(14)17(21)20-8-7-12(9-18)10-20/h3-6,12H,7-11,18H2,1-2H3. The van der Waals surface area contributed by atoms with Crippen LogP contribution in [0.3, 0.4) is 0 Å². The summed E-state index contributed by atoms with van der Waals surface area (Å²) in [5.41, 5.74) is 7.47. The van der Waals surface area contributed by atoms with E-state index in [1.165, 1.54) is 0 Å². The van der Waals surface area contributed by atoms with Crippen molar-refractivity contribution in [1.29, 1.82) is 0 Å². The Labute approximate surface area is 130 Å². The molecule has 1 aliphatic heterocycles. The summed E-state index contributed by atoms with van der Waals surface area (Å²) in [6.07, 6.45) is 0.978. The number of furan rings is 1. The second-order valence-corrected chi connectivity index (χ2v) is 6.29. The van der Waals surface area contributed by atoms with Gasteiger partial charge in [0.25, 0.3) is 5.91 Å². The third-order valence-corrected chi connectivity index (χ3v) is 4.27. The first-order valence-electron chi connectivity index (χ1n) is 7.74. The van der Waals surface area contributed by atoms with Gasteiger partial charge in [0.15, 0.2) is 5.76 Å². The number of rotatable bonds is 4. The van der Waals surface area contributed by atoms with Gasteiger partial charge in [0.2, 0.25) is 0 Å². The fourth-order valence-corrected chi connectivity index (χ4v) is 3.10. The van der Waals surface area contributed by atoms with Crippen molar-refractivity contribution in [2.24, 2.45) is 11.7 Å². The molecule has 2 N–H and O–H groups in total. The van der Waals surface area contributed by atoms with Gasteiger partial charge in [-0.1, -0.05) is 18.2 Å². The first kappa shape index (κ1) is 15.1. The molecule has 0 spiro atoms. The fraction of sp³-hybridized carbons (Fsp3) is 0.471. The van der Waals surface area contributed by atoms with E-state index in [9.17, 15) is 4.79 Å². The zero-order valence-electron chi connectivity index (χ0n) is 13.2. The van der Waals surface area contributed by atoms with Gasteiger partial charge in [-0.25, -0.2) is 0 Å². The molecule has 2 aromatic rings. The van der Waals surface area contributed by atoms with Crippen LogP contribution in [0, 0.1) is 5.92 Å². The van der Waals surface area contributed by atoms with E-state index in [1.807, 2.05) is 43.3 Å². The van der Waals surface area contributed by atoms with E-state index in [4.69, 9.17) is 10.2 Å². The quantitative estimate of drug-likeness (QED) is 0.937. The van der Waals surface area contributed by atoms with E-state index in [2.05, 4.69) is 4.90 Å². The highest BCUT2D eigenvalue weighted by Crippen LogP contribution is 2.29. The Morgan fingerprint density at radius 2 is 2.18 bits per heavy atom. The minimum atomic E-state index is -0.0102. The van der Waals surface area contributed by atoms with E-state index in [0.717, 1.165) is 36.0 Å². The molecule has 1 unspecified atom stereocenters. The van der Waals surface area contributed by atoms with Gasteiger partial charge < -0.3 is 20.0 Å². The Bertz CT molecular complexity index is 678. The second-order valence-electron chi connectivity index (χ2n) is 6.29. The van der Waals surface area contributed by atoms with Crippen LogP contribution in [-0.4, -0.2) is 49.4 Å². The molecule has 1 aromatic heterocycles. The van der Waals surface area contributed by atoms with Crippen molar-refractivity contribution in [3.05, 3.63) is 35.6 Å². The lowest BCUT2D eigenvalue weighted by Crippen LogP contribution is -2.30. The van der Waals surface area contributed by atoms with Crippen molar-refractivity contribution in [2.45, 2.75) is 13.0 Å². The highest BCUT2D eigenvalue weighted by molar-refractivity contribution is 5.99. The molecular weight excluding hydrogens is 278 g/mol. The van der Waals surface area contributed by atoms with Gasteiger partial charge in [0.1, 0.15) is 5.58 Å². The van der Waals surface area contributed by atoms with Crippen molar-refractivity contribution >= 4 is 16.9 Å². The molecule has 1 aliphatic rings. The van der Waals surface area contributed by atoms with Gasteiger partial charge in [-0.3, -0.25) is 4.79 Å². The van der Waals surface area contributed by atoms with Crippen LogP contribution < -0.4 is 5.73 Å². The van der Waals surface area contributed by atoms with E-state index in [0.29, 0.717) is 24.8 Å². The number of para-hydroxylation sites is 1. The maximum atomic E-state index is 12.9. The molecule has 5 nitrogen and oxygen atoms in total. The molecule has 3 rings (SSSR count). The minimum absolute atomic E-state index is 0.0102.